The average Bonchev–Trinajstić information content (AvgIpc) is 2.55. The second-order valence-corrected chi connectivity index (χ2v) is 5.62. The van der Waals surface area contributed by atoms with E-state index in [-0.39, 0.29) is 23.2 Å². The molecule has 23 heavy (non-hydrogen) atoms. The third-order valence-electron chi connectivity index (χ3n) is 3.73. The lowest BCUT2D eigenvalue weighted by Crippen LogP contribution is -2.32. The van der Waals surface area contributed by atoms with Gasteiger partial charge in [-0.05, 0) is 31.4 Å². The standard InChI is InChI=1S/C18H23N3O2/c1-4-12-21-17(22)11-10-16(20-21)18(23)19-15(5-2)14-8-6-13(3)7-9-14/h6-11,15H,4-5,12H2,1-3H3,(H,19,23). The first-order valence-electron chi connectivity index (χ1n) is 8.00. The summed E-state index contributed by atoms with van der Waals surface area (Å²) in [6, 6.07) is 10.9. The summed E-state index contributed by atoms with van der Waals surface area (Å²) in [6.07, 6.45) is 1.57. The van der Waals surface area contributed by atoms with Crippen LogP contribution in [0.4, 0.5) is 0 Å². The predicted octanol–water partition coefficient (Wildman–Crippen LogP) is 2.84. The van der Waals surface area contributed by atoms with Crippen LogP contribution in [0.15, 0.2) is 41.2 Å². The van der Waals surface area contributed by atoms with E-state index < -0.39 is 0 Å². The van der Waals surface area contributed by atoms with E-state index in [4.69, 9.17) is 0 Å². The van der Waals surface area contributed by atoms with E-state index in [1.54, 1.807) is 0 Å². The first-order valence-corrected chi connectivity index (χ1v) is 8.00. The van der Waals surface area contributed by atoms with Gasteiger partial charge in [0.1, 0.15) is 5.69 Å². The van der Waals surface area contributed by atoms with Crippen LogP contribution in [0.5, 0.6) is 0 Å². The highest BCUT2D eigenvalue weighted by atomic mass is 16.2. The number of rotatable bonds is 6. The zero-order valence-corrected chi connectivity index (χ0v) is 13.9. The Kier molecular flexibility index (Phi) is 5.68. The van der Waals surface area contributed by atoms with Gasteiger partial charge >= 0.3 is 0 Å². The first kappa shape index (κ1) is 16.9. The Morgan fingerprint density at radius 1 is 1.17 bits per heavy atom. The Morgan fingerprint density at radius 2 is 1.87 bits per heavy atom. The number of nitrogens with zero attached hydrogens (tertiary/aromatic N) is 2. The number of carbonyl (C=O) groups excluding carboxylic acids is 1. The maximum atomic E-state index is 12.4. The minimum Gasteiger partial charge on any atom is -0.344 e. The summed E-state index contributed by atoms with van der Waals surface area (Å²) >= 11 is 0. The number of amides is 1. The Hall–Kier alpha value is -2.43. The lowest BCUT2D eigenvalue weighted by atomic mass is 10.0. The molecular formula is C18H23N3O2. The molecule has 0 aliphatic rings. The molecule has 122 valence electrons. The number of aryl methyl sites for hydroxylation is 2. The van der Waals surface area contributed by atoms with Gasteiger partial charge in [0.2, 0.25) is 0 Å². The molecule has 1 amide bonds. The monoisotopic (exact) mass is 313 g/mol. The van der Waals surface area contributed by atoms with Gasteiger partial charge in [-0.25, -0.2) is 4.68 Å². The quantitative estimate of drug-likeness (QED) is 0.892. The number of carbonyl (C=O) groups is 1. The fourth-order valence-electron chi connectivity index (χ4n) is 2.39. The van der Waals surface area contributed by atoms with Crippen LogP contribution in [0.1, 0.15) is 54.3 Å². The highest BCUT2D eigenvalue weighted by molar-refractivity contribution is 5.92. The summed E-state index contributed by atoms with van der Waals surface area (Å²) in [4.78, 5) is 24.1. The van der Waals surface area contributed by atoms with Crippen LogP contribution in [0.25, 0.3) is 0 Å². The van der Waals surface area contributed by atoms with Gasteiger partial charge in [0, 0.05) is 12.6 Å². The smallest absolute Gasteiger partial charge is 0.272 e. The third-order valence-corrected chi connectivity index (χ3v) is 3.73. The fraction of sp³-hybridized carbons (Fsp3) is 0.389. The van der Waals surface area contributed by atoms with Gasteiger partial charge < -0.3 is 5.32 Å². The molecule has 0 saturated carbocycles. The molecule has 1 unspecified atom stereocenters. The van der Waals surface area contributed by atoms with Crippen molar-refractivity contribution in [2.24, 2.45) is 0 Å². The molecule has 1 aromatic heterocycles. The summed E-state index contributed by atoms with van der Waals surface area (Å²) < 4.78 is 1.34. The Morgan fingerprint density at radius 3 is 2.48 bits per heavy atom. The lowest BCUT2D eigenvalue weighted by molar-refractivity contribution is 0.0928. The number of aromatic nitrogens is 2. The molecule has 2 aromatic rings. The van der Waals surface area contributed by atoms with Crippen LogP contribution in [0.3, 0.4) is 0 Å². The molecule has 2 rings (SSSR count). The zero-order chi connectivity index (χ0) is 16.8. The fourth-order valence-corrected chi connectivity index (χ4v) is 2.39. The molecule has 5 heteroatoms. The molecule has 0 bridgehead atoms. The van der Waals surface area contributed by atoms with Crippen molar-refractivity contribution in [3.63, 3.8) is 0 Å². The average molecular weight is 313 g/mol. The van der Waals surface area contributed by atoms with Gasteiger partial charge in [-0.2, -0.15) is 5.10 Å². The van der Waals surface area contributed by atoms with E-state index in [1.165, 1.54) is 22.4 Å². The van der Waals surface area contributed by atoms with Crippen LogP contribution in [0, 0.1) is 6.92 Å². The van der Waals surface area contributed by atoms with Gasteiger partial charge in [0.25, 0.3) is 11.5 Å². The maximum absolute atomic E-state index is 12.4. The third kappa shape index (κ3) is 4.28. The maximum Gasteiger partial charge on any atom is 0.272 e. The predicted molar refractivity (Wildman–Crippen MR) is 90.5 cm³/mol. The van der Waals surface area contributed by atoms with Crippen molar-refractivity contribution in [3.8, 4) is 0 Å². The normalized spacial score (nSPS) is 12.0. The SMILES string of the molecule is CCCn1nc(C(=O)NC(CC)c2ccc(C)cc2)ccc1=O. The van der Waals surface area contributed by atoms with Gasteiger partial charge in [-0.1, -0.05) is 43.7 Å². The van der Waals surface area contributed by atoms with Crippen molar-refractivity contribution in [3.05, 3.63) is 63.6 Å². The Bertz CT molecular complexity index is 720. The molecular weight excluding hydrogens is 290 g/mol. The molecule has 1 aromatic carbocycles. The van der Waals surface area contributed by atoms with Gasteiger partial charge in [-0.15, -0.1) is 0 Å². The minimum atomic E-state index is -0.262. The lowest BCUT2D eigenvalue weighted by Gasteiger charge is -2.17. The Balaban J connectivity index is 2.18. The summed E-state index contributed by atoms with van der Waals surface area (Å²) in [6.45, 7) is 6.53. The highest BCUT2D eigenvalue weighted by Gasteiger charge is 2.16. The molecule has 0 fully saturated rings. The van der Waals surface area contributed by atoms with Crippen LogP contribution < -0.4 is 10.9 Å². The van der Waals surface area contributed by atoms with Gasteiger partial charge in [0.15, 0.2) is 0 Å². The van der Waals surface area contributed by atoms with Crippen molar-refractivity contribution >= 4 is 5.91 Å². The van der Waals surface area contributed by atoms with Crippen molar-refractivity contribution < 1.29 is 4.79 Å². The Labute approximate surface area is 136 Å². The number of nitrogens with one attached hydrogen (secondary N) is 1. The van der Waals surface area contributed by atoms with Crippen molar-refractivity contribution in [1.82, 2.24) is 15.1 Å². The van der Waals surface area contributed by atoms with Crippen molar-refractivity contribution in [2.45, 2.75) is 46.2 Å². The van der Waals surface area contributed by atoms with E-state index in [0.717, 1.165) is 18.4 Å². The van der Waals surface area contributed by atoms with Crippen molar-refractivity contribution in [2.75, 3.05) is 0 Å². The second-order valence-electron chi connectivity index (χ2n) is 5.62. The molecule has 1 heterocycles. The van der Waals surface area contributed by atoms with Crippen LogP contribution in [-0.2, 0) is 6.54 Å². The van der Waals surface area contributed by atoms with Crippen molar-refractivity contribution in [1.29, 1.82) is 0 Å². The molecule has 0 radical (unpaired) electrons. The molecule has 0 spiro atoms. The highest BCUT2D eigenvalue weighted by Crippen LogP contribution is 2.17. The number of hydrogen-bond acceptors (Lipinski definition) is 3. The van der Waals surface area contributed by atoms with Crippen LogP contribution >= 0.6 is 0 Å². The van der Waals surface area contributed by atoms with E-state index in [1.807, 2.05) is 45.0 Å². The minimum absolute atomic E-state index is 0.0727. The molecule has 0 aliphatic carbocycles. The van der Waals surface area contributed by atoms with E-state index in [9.17, 15) is 9.59 Å². The molecule has 5 nitrogen and oxygen atoms in total. The first-order chi connectivity index (χ1) is 11.0. The molecule has 0 saturated heterocycles. The largest absolute Gasteiger partial charge is 0.344 e. The van der Waals surface area contributed by atoms with E-state index >= 15 is 0 Å². The number of benzene rings is 1. The van der Waals surface area contributed by atoms with Gasteiger partial charge in [0.05, 0.1) is 6.04 Å². The second kappa shape index (κ2) is 7.72. The number of hydrogen-bond donors (Lipinski definition) is 1. The molecule has 1 N–H and O–H groups in total. The zero-order valence-electron chi connectivity index (χ0n) is 13.9. The van der Waals surface area contributed by atoms with Gasteiger partial charge in [-0.3, -0.25) is 9.59 Å². The van der Waals surface area contributed by atoms with Crippen LogP contribution in [0.2, 0.25) is 0 Å². The van der Waals surface area contributed by atoms with Crippen LogP contribution in [-0.4, -0.2) is 15.7 Å². The molecule has 0 aliphatic heterocycles. The topological polar surface area (TPSA) is 64.0 Å². The van der Waals surface area contributed by atoms with E-state index in [2.05, 4.69) is 10.4 Å². The van der Waals surface area contributed by atoms with E-state index in [0.29, 0.717) is 6.54 Å². The summed E-state index contributed by atoms with van der Waals surface area (Å²) in [7, 11) is 0. The molecule has 1 atom stereocenters. The summed E-state index contributed by atoms with van der Waals surface area (Å²) in [5, 5.41) is 7.14. The summed E-state index contributed by atoms with van der Waals surface area (Å²) in [5.74, 6) is -0.262. The summed E-state index contributed by atoms with van der Waals surface area (Å²) in [5.41, 5.74) is 2.33.